The Kier molecular flexibility index (Phi) is 3.77. The highest BCUT2D eigenvalue weighted by Crippen LogP contribution is 2.40. The van der Waals surface area contributed by atoms with Crippen LogP contribution in [0.25, 0.3) is 0 Å². The molecule has 1 aliphatic rings. The van der Waals surface area contributed by atoms with Crippen LogP contribution in [0.1, 0.15) is 46.5 Å². The third-order valence-corrected chi connectivity index (χ3v) is 4.18. The SMILES string of the molecule is CCC(O)(C(=O)O)C1CCC(C)C(C)C1. The lowest BCUT2D eigenvalue weighted by Gasteiger charge is -2.39. The van der Waals surface area contributed by atoms with Gasteiger partial charge in [0, 0.05) is 0 Å². The maximum Gasteiger partial charge on any atom is 0.335 e. The van der Waals surface area contributed by atoms with Crippen molar-refractivity contribution >= 4 is 5.97 Å². The molecule has 0 heterocycles. The van der Waals surface area contributed by atoms with Crippen molar-refractivity contribution in [2.45, 2.75) is 52.1 Å². The van der Waals surface area contributed by atoms with Crippen LogP contribution in [-0.4, -0.2) is 21.8 Å². The van der Waals surface area contributed by atoms with E-state index in [0.717, 1.165) is 19.3 Å². The molecule has 0 aromatic rings. The molecule has 0 aromatic carbocycles. The molecule has 3 nitrogen and oxygen atoms in total. The molecule has 0 spiro atoms. The molecule has 4 atom stereocenters. The van der Waals surface area contributed by atoms with Crippen LogP contribution in [0.5, 0.6) is 0 Å². The van der Waals surface area contributed by atoms with Gasteiger partial charge >= 0.3 is 5.97 Å². The molecule has 4 unspecified atom stereocenters. The second-order valence-electron chi connectivity index (χ2n) is 5.05. The van der Waals surface area contributed by atoms with Gasteiger partial charge < -0.3 is 10.2 Å². The topological polar surface area (TPSA) is 57.5 Å². The van der Waals surface area contributed by atoms with E-state index in [9.17, 15) is 9.90 Å². The van der Waals surface area contributed by atoms with Gasteiger partial charge in [0.05, 0.1) is 0 Å². The van der Waals surface area contributed by atoms with E-state index in [0.29, 0.717) is 18.3 Å². The standard InChI is InChI=1S/C12H22O3/c1-4-12(15,11(13)14)10-6-5-8(2)9(3)7-10/h8-10,15H,4-7H2,1-3H3,(H,13,14). The zero-order chi connectivity index (χ0) is 11.6. The normalized spacial score (nSPS) is 35.9. The fourth-order valence-corrected chi connectivity index (χ4v) is 2.60. The van der Waals surface area contributed by atoms with Crippen LogP contribution in [0, 0.1) is 17.8 Å². The lowest BCUT2D eigenvalue weighted by atomic mass is 9.68. The van der Waals surface area contributed by atoms with Crippen LogP contribution in [0.15, 0.2) is 0 Å². The zero-order valence-corrected chi connectivity index (χ0v) is 9.86. The molecular formula is C12H22O3. The van der Waals surface area contributed by atoms with Gasteiger partial charge in [-0.2, -0.15) is 0 Å². The zero-order valence-electron chi connectivity index (χ0n) is 9.86. The quantitative estimate of drug-likeness (QED) is 0.757. The highest BCUT2D eigenvalue weighted by atomic mass is 16.4. The Balaban J connectivity index is 2.75. The molecule has 0 aromatic heterocycles. The minimum atomic E-state index is -1.51. The first kappa shape index (κ1) is 12.5. The molecule has 1 saturated carbocycles. The highest BCUT2D eigenvalue weighted by molar-refractivity contribution is 5.77. The molecule has 88 valence electrons. The van der Waals surface area contributed by atoms with Crippen LogP contribution in [0.3, 0.4) is 0 Å². The van der Waals surface area contributed by atoms with Crippen LogP contribution < -0.4 is 0 Å². The minimum Gasteiger partial charge on any atom is -0.479 e. The summed E-state index contributed by atoms with van der Waals surface area (Å²) in [6.07, 6.45) is 3.00. The Morgan fingerprint density at radius 2 is 1.93 bits per heavy atom. The van der Waals surface area contributed by atoms with Crippen LogP contribution in [-0.2, 0) is 4.79 Å². The Labute approximate surface area is 91.5 Å². The maximum absolute atomic E-state index is 11.1. The molecule has 0 aliphatic heterocycles. The lowest BCUT2D eigenvalue weighted by Crippen LogP contribution is -2.47. The summed E-state index contributed by atoms with van der Waals surface area (Å²) in [4.78, 5) is 11.1. The van der Waals surface area contributed by atoms with Crippen LogP contribution in [0.2, 0.25) is 0 Å². The summed E-state index contributed by atoms with van der Waals surface area (Å²) in [6, 6.07) is 0. The molecule has 1 rings (SSSR count). The third kappa shape index (κ3) is 2.33. The Morgan fingerprint density at radius 1 is 1.33 bits per heavy atom. The second kappa shape index (κ2) is 4.52. The van der Waals surface area contributed by atoms with E-state index >= 15 is 0 Å². The highest BCUT2D eigenvalue weighted by Gasteiger charge is 2.44. The molecule has 3 heteroatoms. The number of carbonyl (C=O) groups is 1. The number of carboxylic acids is 1. The van der Waals surface area contributed by atoms with E-state index in [-0.39, 0.29) is 5.92 Å². The van der Waals surface area contributed by atoms with Crippen molar-refractivity contribution in [3.8, 4) is 0 Å². The molecule has 0 amide bonds. The van der Waals surface area contributed by atoms with Crippen molar-refractivity contribution in [1.29, 1.82) is 0 Å². The fraction of sp³-hybridized carbons (Fsp3) is 0.917. The number of carboxylic acid groups (broad SMARTS) is 1. The van der Waals surface area contributed by atoms with Crippen LogP contribution in [0.4, 0.5) is 0 Å². The van der Waals surface area contributed by atoms with Crippen LogP contribution >= 0.6 is 0 Å². The second-order valence-corrected chi connectivity index (χ2v) is 5.05. The summed E-state index contributed by atoms with van der Waals surface area (Å²) in [5, 5.41) is 19.2. The van der Waals surface area contributed by atoms with E-state index in [1.807, 2.05) is 0 Å². The first-order valence-corrected chi connectivity index (χ1v) is 5.87. The van der Waals surface area contributed by atoms with Crippen molar-refractivity contribution in [2.75, 3.05) is 0 Å². The summed E-state index contributed by atoms with van der Waals surface area (Å²) in [5.74, 6) is 0.0280. The number of aliphatic carboxylic acids is 1. The van der Waals surface area contributed by atoms with E-state index in [1.54, 1.807) is 6.92 Å². The summed E-state index contributed by atoms with van der Waals surface area (Å²) >= 11 is 0. The van der Waals surface area contributed by atoms with Gasteiger partial charge in [0.15, 0.2) is 5.60 Å². The maximum atomic E-state index is 11.1. The Bertz CT molecular complexity index is 239. The molecule has 15 heavy (non-hydrogen) atoms. The van der Waals surface area contributed by atoms with Crippen molar-refractivity contribution < 1.29 is 15.0 Å². The van der Waals surface area contributed by atoms with E-state index in [1.165, 1.54) is 0 Å². The van der Waals surface area contributed by atoms with Gasteiger partial charge in [0.1, 0.15) is 0 Å². The average Bonchev–Trinajstić information content (AvgIpc) is 2.20. The molecule has 0 saturated heterocycles. The number of aliphatic hydroxyl groups is 1. The summed E-state index contributed by atoms with van der Waals surface area (Å²) in [7, 11) is 0. The van der Waals surface area contributed by atoms with Gasteiger partial charge in [0.25, 0.3) is 0 Å². The predicted molar refractivity (Wildman–Crippen MR) is 58.5 cm³/mol. The predicted octanol–water partition coefficient (Wildman–Crippen LogP) is 2.28. The first-order chi connectivity index (χ1) is 6.91. The third-order valence-electron chi connectivity index (χ3n) is 4.18. The molecule has 1 aliphatic carbocycles. The van der Waals surface area contributed by atoms with Crippen molar-refractivity contribution in [3.63, 3.8) is 0 Å². The Hall–Kier alpha value is -0.570. The van der Waals surface area contributed by atoms with Crippen molar-refractivity contribution in [3.05, 3.63) is 0 Å². The Morgan fingerprint density at radius 3 is 2.33 bits per heavy atom. The number of hydrogen-bond donors (Lipinski definition) is 2. The fourth-order valence-electron chi connectivity index (χ4n) is 2.60. The lowest BCUT2D eigenvalue weighted by molar-refractivity contribution is -0.168. The van der Waals surface area contributed by atoms with Gasteiger partial charge in [-0.1, -0.05) is 27.2 Å². The molecule has 0 radical (unpaired) electrons. The van der Waals surface area contributed by atoms with Crippen molar-refractivity contribution in [1.82, 2.24) is 0 Å². The summed E-state index contributed by atoms with van der Waals surface area (Å²) < 4.78 is 0. The molecule has 1 fully saturated rings. The van der Waals surface area contributed by atoms with Gasteiger partial charge in [-0.05, 0) is 37.0 Å². The minimum absolute atomic E-state index is 0.0776. The molecule has 2 N–H and O–H groups in total. The first-order valence-electron chi connectivity index (χ1n) is 5.87. The summed E-state index contributed by atoms with van der Waals surface area (Å²) in [6.45, 7) is 6.10. The van der Waals surface area contributed by atoms with Gasteiger partial charge in [-0.15, -0.1) is 0 Å². The average molecular weight is 214 g/mol. The number of hydrogen-bond acceptors (Lipinski definition) is 2. The summed E-state index contributed by atoms with van der Waals surface area (Å²) in [5.41, 5.74) is -1.51. The smallest absolute Gasteiger partial charge is 0.335 e. The largest absolute Gasteiger partial charge is 0.479 e. The molecular weight excluding hydrogens is 192 g/mol. The van der Waals surface area contributed by atoms with Gasteiger partial charge in [-0.3, -0.25) is 0 Å². The number of rotatable bonds is 3. The molecule has 0 bridgehead atoms. The van der Waals surface area contributed by atoms with E-state index in [2.05, 4.69) is 13.8 Å². The van der Waals surface area contributed by atoms with Gasteiger partial charge in [0.2, 0.25) is 0 Å². The monoisotopic (exact) mass is 214 g/mol. The van der Waals surface area contributed by atoms with Crippen molar-refractivity contribution in [2.24, 2.45) is 17.8 Å². The van der Waals surface area contributed by atoms with E-state index < -0.39 is 11.6 Å². The van der Waals surface area contributed by atoms with E-state index in [4.69, 9.17) is 5.11 Å². The van der Waals surface area contributed by atoms with Gasteiger partial charge in [-0.25, -0.2) is 4.79 Å².